The molecule has 1 aromatic carbocycles. The predicted octanol–water partition coefficient (Wildman–Crippen LogP) is 1.49. The molecule has 0 spiro atoms. The maximum atomic E-state index is 13.1. The Kier molecular flexibility index (Phi) is 5.31. The van der Waals surface area contributed by atoms with E-state index in [-0.39, 0.29) is 24.2 Å². The number of hydrogen-bond acceptors (Lipinski definition) is 3. The first-order chi connectivity index (χ1) is 9.99. The molecule has 0 aromatic heterocycles. The first-order valence-corrected chi connectivity index (χ1v) is 7.35. The fourth-order valence-corrected chi connectivity index (χ4v) is 2.86. The standard InChI is InChI=1S/C16H22FNO3/c1-18(13-6-3-7-14(19)16(13)21)15(20)9-8-11-4-2-5-12(17)10-11/h2,4-5,10,13-14,16,19,21H,3,6-9H2,1H3/t13-,14-,16-/m1/s1. The summed E-state index contributed by atoms with van der Waals surface area (Å²) in [6.07, 6.45) is 1.14. The molecule has 21 heavy (non-hydrogen) atoms. The van der Waals surface area contributed by atoms with Gasteiger partial charge in [0.15, 0.2) is 0 Å². The van der Waals surface area contributed by atoms with Crippen LogP contribution in [0.25, 0.3) is 0 Å². The molecule has 4 nitrogen and oxygen atoms in total. The topological polar surface area (TPSA) is 60.8 Å². The summed E-state index contributed by atoms with van der Waals surface area (Å²) in [7, 11) is 1.65. The van der Waals surface area contributed by atoms with Crippen LogP contribution in [0, 0.1) is 5.82 Å². The van der Waals surface area contributed by atoms with E-state index in [1.807, 2.05) is 0 Å². The van der Waals surface area contributed by atoms with Gasteiger partial charge in [-0.05, 0) is 43.4 Å². The molecule has 0 heterocycles. The number of aryl methyl sites for hydroxylation is 1. The lowest BCUT2D eigenvalue weighted by Gasteiger charge is -2.37. The smallest absolute Gasteiger partial charge is 0.222 e. The van der Waals surface area contributed by atoms with E-state index in [4.69, 9.17) is 0 Å². The van der Waals surface area contributed by atoms with Gasteiger partial charge >= 0.3 is 0 Å². The van der Waals surface area contributed by atoms with Gasteiger partial charge in [-0.25, -0.2) is 4.39 Å². The predicted molar refractivity (Wildman–Crippen MR) is 77.1 cm³/mol. The highest BCUT2D eigenvalue weighted by Gasteiger charge is 2.34. The maximum Gasteiger partial charge on any atom is 0.222 e. The van der Waals surface area contributed by atoms with Crippen LogP contribution in [0.4, 0.5) is 4.39 Å². The second-order valence-corrected chi connectivity index (χ2v) is 5.69. The molecule has 1 saturated carbocycles. The summed E-state index contributed by atoms with van der Waals surface area (Å²) < 4.78 is 13.1. The third-order valence-corrected chi connectivity index (χ3v) is 4.20. The Hall–Kier alpha value is -1.46. The fourth-order valence-electron chi connectivity index (χ4n) is 2.86. The molecule has 2 N–H and O–H groups in total. The van der Waals surface area contributed by atoms with Crippen LogP contribution in [0.1, 0.15) is 31.2 Å². The highest BCUT2D eigenvalue weighted by atomic mass is 19.1. The van der Waals surface area contributed by atoms with Crippen molar-refractivity contribution < 1.29 is 19.4 Å². The number of benzene rings is 1. The molecule has 2 rings (SSSR count). The van der Waals surface area contributed by atoms with Crippen molar-refractivity contribution in [3.63, 3.8) is 0 Å². The molecule has 1 aliphatic rings. The average Bonchev–Trinajstić information content (AvgIpc) is 2.47. The van der Waals surface area contributed by atoms with Gasteiger partial charge in [-0.1, -0.05) is 12.1 Å². The van der Waals surface area contributed by atoms with Gasteiger partial charge in [-0.3, -0.25) is 4.79 Å². The van der Waals surface area contributed by atoms with Crippen LogP contribution in [0.15, 0.2) is 24.3 Å². The van der Waals surface area contributed by atoms with E-state index in [9.17, 15) is 19.4 Å². The molecule has 0 bridgehead atoms. The highest BCUT2D eigenvalue weighted by Crippen LogP contribution is 2.23. The molecule has 1 aliphatic carbocycles. The van der Waals surface area contributed by atoms with Crippen LogP contribution in [0.3, 0.4) is 0 Å². The monoisotopic (exact) mass is 295 g/mol. The lowest BCUT2D eigenvalue weighted by molar-refractivity contribution is -0.138. The van der Waals surface area contributed by atoms with Crippen LogP contribution in [-0.4, -0.2) is 46.3 Å². The number of hydrogen-bond donors (Lipinski definition) is 2. The van der Waals surface area contributed by atoms with Crippen LogP contribution in [0.5, 0.6) is 0 Å². The third-order valence-electron chi connectivity index (χ3n) is 4.20. The summed E-state index contributed by atoms with van der Waals surface area (Å²) in [4.78, 5) is 13.7. The lowest BCUT2D eigenvalue weighted by Crippen LogP contribution is -2.51. The zero-order valence-corrected chi connectivity index (χ0v) is 12.2. The number of halogens is 1. The van der Waals surface area contributed by atoms with Gasteiger partial charge in [0.2, 0.25) is 5.91 Å². The SMILES string of the molecule is CN(C(=O)CCc1cccc(F)c1)[C@@H]1CCC[C@@H](O)[C@@H]1O. The molecule has 3 atom stereocenters. The molecular formula is C16H22FNO3. The van der Waals surface area contributed by atoms with Crippen molar-refractivity contribution in [1.82, 2.24) is 4.90 Å². The molecule has 116 valence electrons. The molecule has 1 amide bonds. The van der Waals surface area contributed by atoms with E-state index in [2.05, 4.69) is 0 Å². The zero-order valence-electron chi connectivity index (χ0n) is 12.2. The molecule has 1 fully saturated rings. The molecule has 5 heteroatoms. The largest absolute Gasteiger partial charge is 0.390 e. The molecule has 1 aromatic rings. The van der Waals surface area contributed by atoms with Gasteiger partial charge < -0.3 is 15.1 Å². The van der Waals surface area contributed by atoms with Gasteiger partial charge in [0.05, 0.1) is 12.1 Å². The molecule has 0 aliphatic heterocycles. The highest BCUT2D eigenvalue weighted by molar-refractivity contribution is 5.76. The Labute approximate surface area is 124 Å². The van der Waals surface area contributed by atoms with Crippen molar-refractivity contribution in [2.24, 2.45) is 0 Å². The Morgan fingerprint density at radius 1 is 1.38 bits per heavy atom. The second kappa shape index (κ2) is 7.00. The van der Waals surface area contributed by atoms with E-state index < -0.39 is 12.2 Å². The van der Waals surface area contributed by atoms with E-state index in [1.165, 1.54) is 17.0 Å². The summed E-state index contributed by atoms with van der Waals surface area (Å²) >= 11 is 0. The van der Waals surface area contributed by atoms with Crippen molar-refractivity contribution in [2.75, 3.05) is 7.05 Å². The zero-order chi connectivity index (χ0) is 15.4. The number of carbonyl (C=O) groups is 1. The summed E-state index contributed by atoms with van der Waals surface area (Å²) in [6, 6.07) is 5.87. The van der Waals surface area contributed by atoms with Gasteiger partial charge in [0, 0.05) is 13.5 Å². The number of aliphatic hydroxyl groups is 2. The second-order valence-electron chi connectivity index (χ2n) is 5.69. The molecule has 0 unspecified atom stereocenters. The summed E-state index contributed by atoms with van der Waals surface area (Å²) in [5.74, 6) is -0.406. The first kappa shape index (κ1) is 15.9. The minimum absolute atomic E-state index is 0.0996. The van der Waals surface area contributed by atoms with Crippen molar-refractivity contribution in [3.05, 3.63) is 35.6 Å². The van der Waals surface area contributed by atoms with E-state index in [0.717, 1.165) is 12.0 Å². The Balaban J connectivity index is 1.90. The maximum absolute atomic E-state index is 13.1. The van der Waals surface area contributed by atoms with E-state index >= 15 is 0 Å². The van der Waals surface area contributed by atoms with Crippen molar-refractivity contribution in [1.29, 1.82) is 0 Å². The molecule has 0 saturated heterocycles. The lowest BCUT2D eigenvalue weighted by atomic mass is 9.89. The average molecular weight is 295 g/mol. The molecular weight excluding hydrogens is 273 g/mol. The number of carbonyl (C=O) groups excluding carboxylic acids is 1. The van der Waals surface area contributed by atoms with Gasteiger partial charge in [-0.15, -0.1) is 0 Å². The Morgan fingerprint density at radius 2 is 2.14 bits per heavy atom. The normalized spacial score (nSPS) is 25.6. The van der Waals surface area contributed by atoms with Gasteiger partial charge in [0.25, 0.3) is 0 Å². The number of likely N-dealkylation sites (N-methyl/N-ethyl adjacent to an activating group) is 1. The molecule has 0 radical (unpaired) electrons. The number of rotatable bonds is 4. The number of aliphatic hydroxyl groups excluding tert-OH is 2. The van der Waals surface area contributed by atoms with Crippen LogP contribution in [0.2, 0.25) is 0 Å². The quantitative estimate of drug-likeness (QED) is 0.885. The van der Waals surface area contributed by atoms with Gasteiger partial charge in [-0.2, -0.15) is 0 Å². The van der Waals surface area contributed by atoms with Crippen LogP contribution in [-0.2, 0) is 11.2 Å². The fraction of sp³-hybridized carbons (Fsp3) is 0.562. The first-order valence-electron chi connectivity index (χ1n) is 7.35. The summed E-state index contributed by atoms with van der Waals surface area (Å²) in [6.45, 7) is 0. The Morgan fingerprint density at radius 3 is 2.86 bits per heavy atom. The third kappa shape index (κ3) is 4.02. The number of nitrogens with zero attached hydrogens (tertiary/aromatic N) is 1. The van der Waals surface area contributed by atoms with Crippen molar-refractivity contribution in [3.8, 4) is 0 Å². The minimum atomic E-state index is -0.887. The van der Waals surface area contributed by atoms with Crippen molar-refractivity contribution >= 4 is 5.91 Å². The van der Waals surface area contributed by atoms with Crippen molar-refractivity contribution in [2.45, 2.75) is 50.4 Å². The Bertz CT molecular complexity index is 494. The van der Waals surface area contributed by atoms with Crippen LogP contribution >= 0.6 is 0 Å². The summed E-state index contributed by atoms with van der Waals surface area (Å²) in [5.41, 5.74) is 0.779. The minimum Gasteiger partial charge on any atom is -0.390 e. The van der Waals surface area contributed by atoms with Gasteiger partial charge in [0.1, 0.15) is 11.9 Å². The number of amides is 1. The van der Waals surface area contributed by atoms with E-state index in [0.29, 0.717) is 19.3 Å². The van der Waals surface area contributed by atoms with E-state index in [1.54, 1.807) is 19.2 Å². The van der Waals surface area contributed by atoms with Crippen LogP contribution < -0.4 is 0 Å². The summed E-state index contributed by atoms with van der Waals surface area (Å²) in [5, 5.41) is 19.7.